The third kappa shape index (κ3) is 2.91. The summed E-state index contributed by atoms with van der Waals surface area (Å²) in [6, 6.07) is 4.13. The molecule has 0 aliphatic carbocycles. The summed E-state index contributed by atoms with van der Waals surface area (Å²) < 4.78 is 0. The van der Waals surface area contributed by atoms with Crippen LogP contribution in [0.5, 0.6) is 0 Å². The van der Waals surface area contributed by atoms with Gasteiger partial charge in [-0.1, -0.05) is 6.07 Å². The Balaban J connectivity index is 3.05. The molecule has 1 unspecified atom stereocenters. The van der Waals surface area contributed by atoms with Crippen LogP contribution in [0.1, 0.15) is 12.5 Å². The number of nitrogen functional groups attached to an aromatic ring is 1. The van der Waals surface area contributed by atoms with E-state index in [9.17, 15) is 14.9 Å². The minimum Gasteiger partial charge on any atom is -0.480 e. The normalized spacial score (nSPS) is 14.0. The van der Waals surface area contributed by atoms with Crippen LogP contribution in [-0.4, -0.2) is 21.5 Å². The molecule has 0 aliphatic heterocycles. The molecule has 5 N–H and O–H groups in total. The molecule has 0 saturated heterocycles. The number of hydrogen-bond acceptors (Lipinski definition) is 5. The summed E-state index contributed by atoms with van der Waals surface area (Å²) in [6.07, 6.45) is -0.0105. The van der Waals surface area contributed by atoms with E-state index in [1.807, 2.05) is 0 Å². The Morgan fingerprint density at radius 2 is 2.18 bits per heavy atom. The topological polar surface area (TPSA) is 132 Å². The fourth-order valence-electron chi connectivity index (χ4n) is 1.36. The van der Waals surface area contributed by atoms with Crippen LogP contribution >= 0.6 is 0 Å². The molecular weight excluding hydrogens is 226 g/mol. The zero-order valence-electron chi connectivity index (χ0n) is 9.21. The van der Waals surface area contributed by atoms with Crippen molar-refractivity contribution in [1.82, 2.24) is 0 Å². The molecule has 92 valence electrons. The molecule has 0 aromatic heterocycles. The number of nitro groups is 1. The van der Waals surface area contributed by atoms with Crippen molar-refractivity contribution in [2.75, 3.05) is 5.73 Å². The number of rotatable bonds is 4. The number of carbonyl (C=O) groups is 1. The van der Waals surface area contributed by atoms with Crippen LogP contribution in [0.4, 0.5) is 11.4 Å². The molecular formula is C10H13N3O4. The number of aliphatic carboxylic acids is 1. The van der Waals surface area contributed by atoms with Crippen molar-refractivity contribution in [3.63, 3.8) is 0 Å². The maximum atomic E-state index is 10.8. The molecule has 1 atom stereocenters. The van der Waals surface area contributed by atoms with Crippen LogP contribution in [-0.2, 0) is 11.2 Å². The van der Waals surface area contributed by atoms with Crippen molar-refractivity contribution >= 4 is 17.3 Å². The maximum Gasteiger partial charge on any atom is 0.323 e. The van der Waals surface area contributed by atoms with Crippen molar-refractivity contribution in [2.24, 2.45) is 5.73 Å². The molecule has 0 aliphatic rings. The highest BCUT2D eigenvalue weighted by Crippen LogP contribution is 2.24. The molecule has 0 radical (unpaired) electrons. The average molecular weight is 239 g/mol. The number of hydrogen-bond donors (Lipinski definition) is 3. The maximum absolute atomic E-state index is 10.8. The van der Waals surface area contributed by atoms with E-state index in [1.165, 1.54) is 25.1 Å². The van der Waals surface area contributed by atoms with Gasteiger partial charge in [0.1, 0.15) is 11.2 Å². The largest absolute Gasteiger partial charge is 0.480 e. The first-order valence-electron chi connectivity index (χ1n) is 4.79. The number of benzene rings is 1. The van der Waals surface area contributed by atoms with Gasteiger partial charge in [-0.05, 0) is 18.6 Å². The van der Waals surface area contributed by atoms with E-state index in [0.717, 1.165) is 0 Å². The lowest BCUT2D eigenvalue weighted by Crippen LogP contribution is -2.46. The van der Waals surface area contributed by atoms with E-state index in [-0.39, 0.29) is 17.8 Å². The number of carboxylic acids is 1. The summed E-state index contributed by atoms with van der Waals surface area (Å²) in [6.45, 7) is 1.34. The van der Waals surface area contributed by atoms with Crippen LogP contribution in [0.3, 0.4) is 0 Å². The molecule has 1 rings (SSSR count). The van der Waals surface area contributed by atoms with Gasteiger partial charge in [0, 0.05) is 12.5 Å². The smallest absolute Gasteiger partial charge is 0.323 e. The van der Waals surface area contributed by atoms with Crippen LogP contribution in [0.15, 0.2) is 18.2 Å². The number of anilines is 1. The first-order chi connectivity index (χ1) is 7.74. The molecule has 0 spiro atoms. The number of nitro benzene ring substituents is 1. The Bertz CT molecular complexity index is 471. The fourth-order valence-corrected chi connectivity index (χ4v) is 1.36. The number of nitrogens with zero attached hydrogens (tertiary/aromatic N) is 1. The number of nitrogens with two attached hydrogens (primary N) is 2. The van der Waals surface area contributed by atoms with Crippen molar-refractivity contribution in [2.45, 2.75) is 18.9 Å². The highest BCUT2D eigenvalue weighted by Gasteiger charge is 2.28. The van der Waals surface area contributed by atoms with E-state index in [0.29, 0.717) is 5.56 Å². The molecule has 0 saturated carbocycles. The van der Waals surface area contributed by atoms with E-state index < -0.39 is 16.4 Å². The van der Waals surface area contributed by atoms with Gasteiger partial charge in [-0.15, -0.1) is 0 Å². The van der Waals surface area contributed by atoms with Crippen LogP contribution in [0.2, 0.25) is 0 Å². The average Bonchev–Trinajstić information content (AvgIpc) is 2.20. The second-order valence-corrected chi connectivity index (χ2v) is 4.05. The van der Waals surface area contributed by atoms with Gasteiger partial charge in [-0.2, -0.15) is 0 Å². The lowest BCUT2D eigenvalue weighted by Gasteiger charge is -2.18. The standard InChI is InChI=1S/C10H13N3O4/c1-10(12,9(14)15)5-6-2-3-7(11)8(4-6)13(16)17/h2-4H,5,11-12H2,1H3,(H,14,15). The van der Waals surface area contributed by atoms with E-state index >= 15 is 0 Å². The summed E-state index contributed by atoms with van der Waals surface area (Å²) >= 11 is 0. The van der Waals surface area contributed by atoms with Gasteiger partial charge in [-0.25, -0.2) is 0 Å². The Kier molecular flexibility index (Phi) is 3.33. The molecule has 0 bridgehead atoms. The van der Waals surface area contributed by atoms with Crippen molar-refractivity contribution < 1.29 is 14.8 Å². The van der Waals surface area contributed by atoms with Gasteiger partial charge in [0.05, 0.1) is 4.92 Å². The zero-order chi connectivity index (χ0) is 13.2. The summed E-state index contributed by atoms with van der Waals surface area (Å²) in [5.41, 5.74) is 9.76. The van der Waals surface area contributed by atoms with Crippen LogP contribution in [0, 0.1) is 10.1 Å². The van der Waals surface area contributed by atoms with E-state index in [4.69, 9.17) is 16.6 Å². The minimum absolute atomic E-state index is 0.0105. The molecule has 17 heavy (non-hydrogen) atoms. The van der Waals surface area contributed by atoms with E-state index in [1.54, 1.807) is 0 Å². The minimum atomic E-state index is -1.47. The second-order valence-electron chi connectivity index (χ2n) is 4.05. The van der Waals surface area contributed by atoms with Gasteiger partial charge in [0.15, 0.2) is 0 Å². The quantitative estimate of drug-likeness (QED) is 0.398. The Morgan fingerprint density at radius 3 is 2.65 bits per heavy atom. The first kappa shape index (κ1) is 12.9. The van der Waals surface area contributed by atoms with Crippen molar-refractivity contribution in [3.05, 3.63) is 33.9 Å². The van der Waals surface area contributed by atoms with Crippen LogP contribution in [0.25, 0.3) is 0 Å². The monoisotopic (exact) mass is 239 g/mol. The van der Waals surface area contributed by atoms with Gasteiger partial charge >= 0.3 is 5.97 Å². The molecule has 1 aromatic carbocycles. The molecule has 1 aromatic rings. The van der Waals surface area contributed by atoms with Crippen molar-refractivity contribution in [3.8, 4) is 0 Å². The fraction of sp³-hybridized carbons (Fsp3) is 0.300. The number of carboxylic acid groups (broad SMARTS) is 1. The van der Waals surface area contributed by atoms with Crippen molar-refractivity contribution in [1.29, 1.82) is 0 Å². The molecule has 0 amide bonds. The third-order valence-electron chi connectivity index (χ3n) is 2.35. The predicted molar refractivity (Wildman–Crippen MR) is 61.4 cm³/mol. The highest BCUT2D eigenvalue weighted by molar-refractivity contribution is 5.78. The van der Waals surface area contributed by atoms with Gasteiger partial charge in [0.25, 0.3) is 5.69 Å². The lowest BCUT2D eigenvalue weighted by atomic mass is 9.94. The highest BCUT2D eigenvalue weighted by atomic mass is 16.6. The Hall–Kier alpha value is -2.15. The third-order valence-corrected chi connectivity index (χ3v) is 2.35. The Labute approximate surface area is 97.2 Å². The molecule has 7 heteroatoms. The van der Waals surface area contributed by atoms with Gasteiger partial charge in [0.2, 0.25) is 0 Å². The van der Waals surface area contributed by atoms with Crippen LogP contribution < -0.4 is 11.5 Å². The predicted octanol–water partition coefficient (Wildman–Crippen LogP) is 0.522. The Morgan fingerprint density at radius 1 is 1.59 bits per heavy atom. The summed E-state index contributed by atoms with van der Waals surface area (Å²) in [5.74, 6) is -1.17. The zero-order valence-corrected chi connectivity index (χ0v) is 9.21. The lowest BCUT2D eigenvalue weighted by molar-refractivity contribution is -0.384. The summed E-state index contributed by atoms with van der Waals surface area (Å²) in [7, 11) is 0. The van der Waals surface area contributed by atoms with Gasteiger partial charge in [-0.3, -0.25) is 14.9 Å². The molecule has 7 nitrogen and oxygen atoms in total. The first-order valence-corrected chi connectivity index (χ1v) is 4.79. The van der Waals surface area contributed by atoms with Gasteiger partial charge < -0.3 is 16.6 Å². The SMILES string of the molecule is CC(N)(Cc1ccc(N)c([N+](=O)[O-])c1)C(=O)O. The molecule has 0 heterocycles. The summed E-state index contributed by atoms with van der Waals surface area (Å²) in [4.78, 5) is 20.9. The van der Waals surface area contributed by atoms with E-state index in [2.05, 4.69) is 0 Å². The molecule has 0 fully saturated rings. The summed E-state index contributed by atoms with van der Waals surface area (Å²) in [5, 5.41) is 19.5. The second kappa shape index (κ2) is 4.38.